The molecule has 0 fully saturated rings. The first-order valence-electron chi connectivity index (χ1n) is 10.4. The van der Waals surface area contributed by atoms with Crippen molar-refractivity contribution in [2.45, 2.75) is 24.3 Å². The molecule has 0 aliphatic carbocycles. The lowest BCUT2D eigenvalue weighted by atomic mass is 10.3. The first-order chi connectivity index (χ1) is 16.4. The van der Waals surface area contributed by atoms with E-state index < -0.39 is 26.0 Å². The van der Waals surface area contributed by atoms with E-state index in [2.05, 4.69) is 0 Å². The minimum Gasteiger partial charge on any atom is -0.335 e. The largest absolute Gasteiger partial charge is 0.335 e. The van der Waals surface area contributed by atoms with Crippen molar-refractivity contribution in [3.63, 3.8) is 0 Å². The van der Waals surface area contributed by atoms with Crippen LogP contribution in [-0.2, 0) is 26.8 Å². The van der Waals surface area contributed by atoms with Crippen LogP contribution in [-0.4, -0.2) is 44.0 Å². The number of thiazole rings is 1. The van der Waals surface area contributed by atoms with E-state index in [0.717, 1.165) is 25.3 Å². The van der Waals surface area contributed by atoms with Gasteiger partial charge in [0.05, 0.1) is 33.3 Å². The summed E-state index contributed by atoms with van der Waals surface area (Å²) < 4.78 is 66.0. The smallest absolute Gasteiger partial charge is 0.265 e. The van der Waals surface area contributed by atoms with Gasteiger partial charge in [0, 0.05) is 17.9 Å². The molecule has 1 aromatic heterocycles. The van der Waals surface area contributed by atoms with Gasteiger partial charge in [-0.15, -0.1) is 0 Å². The molecule has 188 valence electrons. The molecule has 35 heavy (non-hydrogen) atoms. The van der Waals surface area contributed by atoms with Crippen LogP contribution in [0.25, 0.3) is 16.3 Å². The third-order valence-electron chi connectivity index (χ3n) is 5.23. The van der Waals surface area contributed by atoms with E-state index in [9.17, 15) is 16.8 Å². The van der Waals surface area contributed by atoms with E-state index in [1.807, 2.05) is 45.9 Å². The van der Waals surface area contributed by atoms with E-state index >= 15 is 0 Å². The van der Waals surface area contributed by atoms with Crippen LogP contribution in [0, 0.1) is 0 Å². The minimum atomic E-state index is -4.12. The van der Waals surface area contributed by atoms with Crippen molar-refractivity contribution in [1.29, 1.82) is 0 Å². The Kier molecular flexibility index (Phi) is 8.04. The summed E-state index contributed by atoms with van der Waals surface area (Å²) in [6, 6.07) is 11.3. The van der Waals surface area contributed by atoms with E-state index in [-0.39, 0.29) is 25.1 Å². The Morgan fingerprint density at radius 3 is 2.37 bits per heavy atom. The summed E-state index contributed by atoms with van der Waals surface area (Å²) in [5.41, 5.74) is 1.60. The molecule has 1 aliphatic rings. The number of aryl methyl sites for hydroxylation is 1. The summed E-state index contributed by atoms with van der Waals surface area (Å²) in [5.74, 6) is -0.746. The van der Waals surface area contributed by atoms with Crippen LogP contribution in [0.1, 0.15) is 17.8 Å². The van der Waals surface area contributed by atoms with Gasteiger partial charge in [0.15, 0.2) is 6.54 Å². The van der Waals surface area contributed by atoms with Gasteiger partial charge >= 0.3 is 0 Å². The number of hydrogen-bond donors (Lipinski definition) is 2. The van der Waals surface area contributed by atoms with Crippen molar-refractivity contribution in [1.82, 2.24) is 0 Å². The van der Waals surface area contributed by atoms with E-state index in [4.69, 9.17) is 32.3 Å². The average molecular weight is 597 g/mol. The molecule has 14 heteroatoms. The fourth-order valence-electron chi connectivity index (χ4n) is 3.77. The Labute approximate surface area is 221 Å². The number of rotatable bonds is 9. The van der Waals surface area contributed by atoms with Crippen molar-refractivity contribution < 1.29 is 30.5 Å². The summed E-state index contributed by atoms with van der Waals surface area (Å²) in [5, 5.41) is 2.35. The molecule has 1 aliphatic heterocycles. The number of aromatic nitrogens is 1. The Balaban J connectivity index is 1.75. The molecule has 0 saturated heterocycles. The van der Waals surface area contributed by atoms with Gasteiger partial charge in [0.1, 0.15) is 9.72 Å². The van der Waals surface area contributed by atoms with Crippen molar-refractivity contribution >= 4 is 88.5 Å². The molecule has 0 atom stereocenters. The normalized spacial score (nSPS) is 15.3. The number of hydrogen-bond acceptors (Lipinski definition) is 7. The highest BCUT2D eigenvalue weighted by Crippen LogP contribution is 2.47. The quantitative estimate of drug-likeness (QED) is 0.263. The highest BCUT2D eigenvalue weighted by atomic mass is 35.5. The summed E-state index contributed by atoms with van der Waals surface area (Å²) in [6.07, 6.45) is 2.34. The van der Waals surface area contributed by atoms with Crippen molar-refractivity contribution in [3.8, 4) is 0 Å². The van der Waals surface area contributed by atoms with E-state index in [1.54, 1.807) is 6.07 Å². The second kappa shape index (κ2) is 10.5. The Hall–Kier alpha value is -1.38. The summed E-state index contributed by atoms with van der Waals surface area (Å²) >= 11 is 15.7. The molecular weight excluding hydrogens is 575 g/mol. The van der Waals surface area contributed by atoms with E-state index in [1.165, 1.54) is 23.1 Å². The number of fused-ring (bicyclic) bond motifs is 2. The highest BCUT2D eigenvalue weighted by Gasteiger charge is 2.29. The summed E-state index contributed by atoms with van der Waals surface area (Å²) in [7, 11) is -8.19. The third kappa shape index (κ3) is 6.50. The van der Waals surface area contributed by atoms with Crippen molar-refractivity contribution in [2.75, 3.05) is 23.0 Å². The molecule has 0 amide bonds. The second-order valence-electron chi connectivity index (χ2n) is 7.78. The fourth-order valence-corrected chi connectivity index (χ4v) is 7.57. The molecule has 0 radical (unpaired) electrons. The molecule has 2 aromatic carbocycles. The van der Waals surface area contributed by atoms with Gasteiger partial charge in [-0.05, 0) is 30.7 Å². The van der Waals surface area contributed by atoms with Gasteiger partial charge in [0.2, 0.25) is 5.52 Å². The van der Waals surface area contributed by atoms with Gasteiger partial charge in [-0.25, -0.2) is 0 Å². The number of thioether (sulfide) groups is 1. The number of para-hydroxylation sites is 1. The SMILES string of the molecule is O=S(=O)(O)CCCN1C(=Cc2sc3ccc(Cl)c(Cl)c3[n+]2CCCS(=O)(=O)O)Sc2ccccc21. The molecule has 0 saturated carbocycles. The van der Waals surface area contributed by atoms with Crippen molar-refractivity contribution in [3.05, 3.63) is 56.5 Å². The fraction of sp³-hybridized carbons (Fsp3) is 0.286. The molecule has 0 spiro atoms. The highest BCUT2D eigenvalue weighted by molar-refractivity contribution is 8.04. The zero-order valence-electron chi connectivity index (χ0n) is 18.1. The molecule has 0 unspecified atom stereocenters. The van der Waals surface area contributed by atoms with Crippen LogP contribution in [0.5, 0.6) is 0 Å². The van der Waals surface area contributed by atoms with Crippen LogP contribution in [0.2, 0.25) is 10.0 Å². The number of halogens is 2. The third-order valence-corrected chi connectivity index (χ3v) is 9.85. The Bertz CT molecular complexity index is 1520. The predicted octanol–water partition coefficient (Wildman–Crippen LogP) is 4.96. The first-order valence-corrected chi connectivity index (χ1v) is 16.0. The Morgan fingerprint density at radius 2 is 1.66 bits per heavy atom. The standard InChI is InChI=1S/C21H20Cl2N2O6S4/c22-14-7-8-17-21(20(14)23)25(10-4-12-35(29,30)31)19(33-17)13-18-24(9-3-11-34(26,27)28)15-5-1-2-6-16(15)32-18/h1-2,5-8,13H,3-4,9-12H2,(H-,26,27,28,29,30,31)/p+1. The van der Waals surface area contributed by atoms with Crippen LogP contribution in [0.15, 0.2) is 46.3 Å². The zero-order chi connectivity index (χ0) is 25.4. The monoisotopic (exact) mass is 595 g/mol. The predicted molar refractivity (Wildman–Crippen MR) is 142 cm³/mol. The minimum absolute atomic E-state index is 0.166. The lowest BCUT2D eigenvalue weighted by molar-refractivity contribution is -0.668. The molecule has 2 heterocycles. The molecule has 2 N–H and O–H groups in total. The molecule has 4 rings (SSSR count). The average Bonchev–Trinajstić information content (AvgIpc) is 3.28. The lowest BCUT2D eigenvalue weighted by Gasteiger charge is -2.19. The Morgan fingerprint density at radius 1 is 0.971 bits per heavy atom. The first kappa shape index (κ1) is 26.7. The number of anilines is 1. The molecule has 8 nitrogen and oxygen atoms in total. The summed E-state index contributed by atoms with van der Waals surface area (Å²) in [4.78, 5) is 3.00. The second-order valence-corrected chi connectivity index (χ2v) is 13.8. The topological polar surface area (TPSA) is 116 Å². The zero-order valence-corrected chi connectivity index (χ0v) is 22.9. The van der Waals surface area contributed by atoms with Crippen LogP contribution in [0.3, 0.4) is 0 Å². The van der Waals surface area contributed by atoms with Gasteiger partial charge in [0.25, 0.3) is 25.2 Å². The number of benzene rings is 2. The summed E-state index contributed by atoms with van der Waals surface area (Å²) in [6.45, 7) is 0.648. The molecular formula is C21H21Cl2N2O6S4+. The maximum absolute atomic E-state index is 11.3. The lowest BCUT2D eigenvalue weighted by Crippen LogP contribution is -2.36. The number of nitrogens with zero attached hydrogens (tertiary/aromatic N) is 2. The molecule has 3 aromatic rings. The van der Waals surface area contributed by atoms with Gasteiger partial charge in [-0.2, -0.15) is 21.4 Å². The van der Waals surface area contributed by atoms with Crippen LogP contribution in [0.4, 0.5) is 5.69 Å². The van der Waals surface area contributed by atoms with Gasteiger partial charge in [-0.1, -0.05) is 58.4 Å². The molecule has 0 bridgehead atoms. The van der Waals surface area contributed by atoms with Gasteiger partial charge in [-0.3, -0.25) is 9.11 Å². The van der Waals surface area contributed by atoms with Crippen molar-refractivity contribution in [2.24, 2.45) is 0 Å². The maximum atomic E-state index is 11.3. The van der Waals surface area contributed by atoms with E-state index in [0.29, 0.717) is 22.1 Å². The van der Waals surface area contributed by atoms with Gasteiger partial charge < -0.3 is 4.90 Å². The maximum Gasteiger partial charge on any atom is 0.265 e. The van der Waals surface area contributed by atoms with Crippen LogP contribution < -0.4 is 9.47 Å². The van der Waals surface area contributed by atoms with Crippen LogP contribution >= 0.6 is 46.3 Å².